The molecule has 0 fully saturated rings. The Bertz CT molecular complexity index is 1660. The Morgan fingerprint density at radius 2 is 1.85 bits per heavy atom. The Balaban J connectivity index is 1.20. The Labute approximate surface area is 239 Å². The predicted octanol–water partition coefficient (Wildman–Crippen LogP) is 5.11. The summed E-state index contributed by atoms with van der Waals surface area (Å²) >= 11 is 0. The minimum absolute atomic E-state index is 0.201. The van der Waals surface area contributed by atoms with Gasteiger partial charge in [-0.15, -0.1) is 0 Å². The average molecular weight is 548 g/mol. The van der Waals surface area contributed by atoms with E-state index in [0.717, 1.165) is 58.5 Å². The first kappa shape index (κ1) is 26.7. The summed E-state index contributed by atoms with van der Waals surface area (Å²) in [5.41, 5.74) is 8.56. The quantitative estimate of drug-likeness (QED) is 0.185. The van der Waals surface area contributed by atoms with E-state index < -0.39 is 0 Å². The molecule has 1 aliphatic carbocycles. The summed E-state index contributed by atoms with van der Waals surface area (Å²) < 4.78 is 0.980. The topological polar surface area (TPSA) is 98.0 Å². The molecule has 0 saturated carbocycles. The summed E-state index contributed by atoms with van der Waals surface area (Å²) in [6, 6.07) is 22.7. The molecule has 5 aromatic rings. The molecule has 6 rings (SSSR count). The number of fused-ring (bicyclic) bond motifs is 2. The molecule has 3 aromatic heterocycles. The highest BCUT2D eigenvalue weighted by Gasteiger charge is 2.28. The second-order valence-electron chi connectivity index (χ2n) is 10.9. The lowest BCUT2D eigenvalue weighted by atomic mass is 9.90. The third-order valence-corrected chi connectivity index (χ3v) is 8.05. The van der Waals surface area contributed by atoms with Gasteiger partial charge in [0.15, 0.2) is 0 Å². The van der Waals surface area contributed by atoms with E-state index in [1.807, 2.05) is 37.4 Å². The van der Waals surface area contributed by atoms with E-state index in [1.54, 1.807) is 19.2 Å². The number of imidazole rings is 1. The number of nitrogens with zero attached hydrogens (tertiary/aromatic N) is 4. The van der Waals surface area contributed by atoms with Gasteiger partial charge in [0.2, 0.25) is 11.9 Å². The van der Waals surface area contributed by atoms with Gasteiger partial charge < -0.3 is 10.3 Å². The molecule has 1 atom stereocenters. The molecule has 41 heavy (non-hydrogen) atoms. The van der Waals surface area contributed by atoms with Gasteiger partial charge in [-0.1, -0.05) is 42.5 Å². The van der Waals surface area contributed by atoms with E-state index in [-0.39, 0.29) is 11.9 Å². The van der Waals surface area contributed by atoms with Crippen molar-refractivity contribution in [3.05, 3.63) is 124 Å². The van der Waals surface area contributed by atoms with Crippen molar-refractivity contribution in [1.82, 2.24) is 25.2 Å². The zero-order chi connectivity index (χ0) is 28.3. The van der Waals surface area contributed by atoms with Crippen LogP contribution < -0.4 is 10.0 Å². The monoisotopic (exact) mass is 547 g/mol. The summed E-state index contributed by atoms with van der Waals surface area (Å²) in [6.07, 6.45) is 6.70. The fraction of sp³-hybridized carbons (Fsp3) is 0.273. The number of aromatic amines is 1. The second kappa shape index (κ2) is 11.5. The molecule has 1 amide bonds. The van der Waals surface area contributed by atoms with Gasteiger partial charge in [0, 0.05) is 37.0 Å². The van der Waals surface area contributed by atoms with Crippen LogP contribution in [-0.2, 0) is 26.1 Å². The number of hydrogen-bond donors (Lipinski definition) is 3. The molecule has 8 nitrogen and oxygen atoms in total. The van der Waals surface area contributed by atoms with Crippen molar-refractivity contribution >= 4 is 16.9 Å². The van der Waals surface area contributed by atoms with E-state index in [0.29, 0.717) is 24.3 Å². The largest absolute Gasteiger partial charge is 0.348 e. The smallest absolute Gasteiger partial charge is 0.258 e. The third-order valence-electron chi connectivity index (χ3n) is 8.05. The Hall–Kier alpha value is -4.56. The normalized spacial score (nSPS) is 14.8. The lowest BCUT2D eigenvalue weighted by Gasteiger charge is -2.34. The third kappa shape index (κ3) is 5.69. The van der Waals surface area contributed by atoms with Gasteiger partial charge in [-0.3, -0.25) is 19.9 Å². The van der Waals surface area contributed by atoms with Crippen LogP contribution >= 0.6 is 0 Å². The first-order valence-corrected chi connectivity index (χ1v) is 14.1. The molecular weight excluding hydrogens is 512 g/mol. The highest BCUT2D eigenvalue weighted by Crippen LogP contribution is 2.34. The highest BCUT2D eigenvalue weighted by molar-refractivity contribution is 5.96. The minimum Gasteiger partial charge on any atom is -0.348 e. The standard InChI is InChI=1S/C33H34N6O2/c1-22-16-18-39(41)23(2)31(22)33(40)35-19-24-12-14-25(15-13-24)20-38(21-30-36-27-9-3-4-10-28(27)37-30)29-11-5-7-26-8-6-17-34-32(26)29/h3-4,6,8-10,12-18,29H,5,7,11,19-21H2,1-2H3,(H2-,35,36,37,40,41)/p+1. The number of rotatable bonds is 8. The van der Waals surface area contributed by atoms with Gasteiger partial charge in [-0.05, 0) is 66.6 Å². The van der Waals surface area contributed by atoms with Crippen LogP contribution in [0.15, 0.2) is 79.1 Å². The van der Waals surface area contributed by atoms with E-state index in [2.05, 4.69) is 51.6 Å². The summed E-state index contributed by atoms with van der Waals surface area (Å²) in [7, 11) is 0. The molecule has 0 aliphatic heterocycles. The van der Waals surface area contributed by atoms with Gasteiger partial charge in [0.1, 0.15) is 11.4 Å². The van der Waals surface area contributed by atoms with Crippen molar-refractivity contribution in [2.45, 2.75) is 58.8 Å². The van der Waals surface area contributed by atoms with Crippen LogP contribution in [0.2, 0.25) is 0 Å². The van der Waals surface area contributed by atoms with Crippen molar-refractivity contribution < 1.29 is 14.7 Å². The molecule has 1 unspecified atom stereocenters. The number of H-pyrrole nitrogens is 1. The van der Waals surface area contributed by atoms with Gasteiger partial charge in [0.25, 0.3) is 5.91 Å². The van der Waals surface area contributed by atoms with Crippen LogP contribution in [0.4, 0.5) is 0 Å². The molecule has 1 aliphatic rings. The summed E-state index contributed by atoms with van der Waals surface area (Å²) in [5, 5.41) is 13.0. The number of carbonyl (C=O) groups excluding carboxylic acids is 1. The maximum atomic E-state index is 12.9. The molecule has 0 spiro atoms. The number of amides is 1. The van der Waals surface area contributed by atoms with E-state index in [9.17, 15) is 10.0 Å². The number of carbonyl (C=O) groups is 1. The first-order chi connectivity index (χ1) is 20.0. The van der Waals surface area contributed by atoms with Gasteiger partial charge in [-0.2, -0.15) is 0 Å². The zero-order valence-corrected chi connectivity index (χ0v) is 23.5. The molecule has 0 radical (unpaired) electrons. The van der Waals surface area contributed by atoms with Gasteiger partial charge in [0.05, 0.1) is 29.3 Å². The number of pyridine rings is 2. The molecule has 0 bridgehead atoms. The van der Waals surface area contributed by atoms with Gasteiger partial charge in [-0.25, -0.2) is 4.98 Å². The number of aromatic nitrogens is 4. The Morgan fingerprint density at radius 3 is 2.68 bits per heavy atom. The first-order valence-electron chi connectivity index (χ1n) is 14.1. The zero-order valence-electron chi connectivity index (χ0n) is 23.5. The van der Waals surface area contributed by atoms with Crippen LogP contribution in [0.5, 0.6) is 0 Å². The van der Waals surface area contributed by atoms with Crippen LogP contribution in [-0.4, -0.2) is 31.0 Å². The van der Waals surface area contributed by atoms with Crippen LogP contribution in [0, 0.1) is 13.8 Å². The molecule has 3 N–H and O–H groups in total. The van der Waals surface area contributed by atoms with Crippen LogP contribution in [0.1, 0.15) is 68.7 Å². The average Bonchev–Trinajstić information content (AvgIpc) is 3.41. The van der Waals surface area contributed by atoms with Crippen molar-refractivity contribution in [3.63, 3.8) is 0 Å². The van der Waals surface area contributed by atoms with Crippen molar-refractivity contribution in [2.24, 2.45) is 0 Å². The van der Waals surface area contributed by atoms with Crippen molar-refractivity contribution in [3.8, 4) is 0 Å². The minimum atomic E-state index is -0.201. The lowest BCUT2D eigenvalue weighted by molar-refractivity contribution is -0.908. The Kier molecular flexibility index (Phi) is 7.48. The highest BCUT2D eigenvalue weighted by atomic mass is 16.5. The predicted molar refractivity (Wildman–Crippen MR) is 156 cm³/mol. The molecule has 208 valence electrons. The number of aryl methyl sites for hydroxylation is 2. The number of nitrogens with one attached hydrogen (secondary N) is 2. The molecule has 2 aromatic carbocycles. The summed E-state index contributed by atoms with van der Waals surface area (Å²) in [6.45, 7) is 5.44. The maximum Gasteiger partial charge on any atom is 0.258 e. The maximum absolute atomic E-state index is 12.9. The number of para-hydroxylation sites is 2. The molecule has 8 heteroatoms. The van der Waals surface area contributed by atoms with Crippen molar-refractivity contribution in [1.29, 1.82) is 0 Å². The van der Waals surface area contributed by atoms with E-state index >= 15 is 0 Å². The Morgan fingerprint density at radius 1 is 1.05 bits per heavy atom. The summed E-state index contributed by atoms with van der Waals surface area (Å²) in [5.74, 6) is 0.747. The number of hydrogen-bond acceptors (Lipinski definition) is 5. The van der Waals surface area contributed by atoms with E-state index in [4.69, 9.17) is 9.97 Å². The fourth-order valence-electron chi connectivity index (χ4n) is 5.88. The van der Waals surface area contributed by atoms with Crippen molar-refractivity contribution in [2.75, 3.05) is 0 Å². The number of benzene rings is 2. The van der Waals surface area contributed by atoms with Crippen LogP contribution in [0.3, 0.4) is 0 Å². The second-order valence-corrected chi connectivity index (χ2v) is 10.9. The van der Waals surface area contributed by atoms with E-state index in [1.165, 1.54) is 16.8 Å². The molecule has 3 heterocycles. The van der Waals surface area contributed by atoms with Gasteiger partial charge >= 0.3 is 0 Å². The molecule has 0 saturated heterocycles. The summed E-state index contributed by atoms with van der Waals surface area (Å²) in [4.78, 5) is 28.5. The fourth-order valence-corrected chi connectivity index (χ4v) is 5.88. The SMILES string of the molecule is Cc1cc[n+](O)c(C)c1C(=O)NCc1ccc(CN(Cc2nc3ccccc3[nH]2)C2CCCc3cccnc32)cc1. The lowest BCUT2D eigenvalue weighted by Crippen LogP contribution is -2.37. The van der Waals surface area contributed by atoms with Crippen LogP contribution in [0.25, 0.3) is 11.0 Å². The molecular formula is C33H35N6O2+.